The fraction of sp³-hybridized carbons (Fsp3) is 0.613. The van der Waals surface area contributed by atoms with E-state index in [1.807, 2.05) is 42.2 Å². The minimum Gasteiger partial charge on any atom is -0.352 e. The van der Waals surface area contributed by atoms with Crippen LogP contribution in [0.2, 0.25) is 0 Å². The number of hydroxylamine groups is 2. The van der Waals surface area contributed by atoms with E-state index in [9.17, 15) is 9.59 Å². The molecule has 1 aliphatic heterocycles. The van der Waals surface area contributed by atoms with Crippen LogP contribution in [0.1, 0.15) is 63.3 Å². The molecule has 2 aliphatic carbocycles. The van der Waals surface area contributed by atoms with Crippen LogP contribution in [-0.4, -0.2) is 72.0 Å². The van der Waals surface area contributed by atoms with E-state index in [1.54, 1.807) is 0 Å². The van der Waals surface area contributed by atoms with Crippen LogP contribution in [0.3, 0.4) is 0 Å². The predicted molar refractivity (Wildman–Crippen MR) is 159 cm³/mol. The molecular formula is C31H44FN7O3. The van der Waals surface area contributed by atoms with E-state index in [-0.39, 0.29) is 36.1 Å². The lowest BCUT2D eigenvalue weighted by Gasteiger charge is -2.26. The number of likely N-dealkylation sites (N-methyl/N-ethyl adjacent to an activating group) is 1. The van der Waals surface area contributed by atoms with Crippen LogP contribution in [-0.2, 0) is 27.5 Å². The van der Waals surface area contributed by atoms with Gasteiger partial charge < -0.3 is 9.80 Å². The monoisotopic (exact) mass is 581 g/mol. The molecule has 42 heavy (non-hydrogen) atoms. The van der Waals surface area contributed by atoms with E-state index < -0.39 is 11.7 Å². The maximum Gasteiger partial charge on any atom is 0.243 e. The Kier molecular flexibility index (Phi) is 9.57. The lowest BCUT2D eigenvalue weighted by molar-refractivity contribution is -0.182. The van der Waals surface area contributed by atoms with Crippen molar-refractivity contribution in [3.05, 3.63) is 47.5 Å². The number of rotatable bonds is 14. The molecule has 2 N–H and O–H groups in total. The van der Waals surface area contributed by atoms with E-state index >= 15 is 4.39 Å². The number of amides is 2. The highest BCUT2D eigenvalue weighted by Crippen LogP contribution is 2.54. The molecule has 1 spiro atoms. The van der Waals surface area contributed by atoms with Crippen molar-refractivity contribution in [3.8, 4) is 0 Å². The second-order valence-corrected chi connectivity index (χ2v) is 12.4. The number of anilines is 2. The average Bonchev–Trinajstić information content (AvgIpc) is 3.38. The molecule has 2 heterocycles. The number of carbonyl (C=O) groups is 2. The Morgan fingerprint density at radius 1 is 1.21 bits per heavy atom. The fourth-order valence-electron chi connectivity index (χ4n) is 6.62. The lowest BCUT2D eigenvalue weighted by Crippen LogP contribution is -2.42. The van der Waals surface area contributed by atoms with E-state index in [2.05, 4.69) is 39.8 Å². The second-order valence-electron chi connectivity index (χ2n) is 12.4. The van der Waals surface area contributed by atoms with E-state index in [4.69, 9.17) is 4.84 Å². The number of benzene rings is 1. The number of hydrogen-bond donors (Lipinski definition) is 2. The highest BCUT2D eigenvalue weighted by atomic mass is 19.1. The van der Waals surface area contributed by atoms with Gasteiger partial charge in [-0.05, 0) is 44.8 Å². The van der Waals surface area contributed by atoms with Gasteiger partial charge >= 0.3 is 0 Å². The van der Waals surface area contributed by atoms with Crippen molar-refractivity contribution in [2.45, 2.75) is 70.9 Å². The third-order valence-electron chi connectivity index (χ3n) is 9.14. The van der Waals surface area contributed by atoms with Crippen molar-refractivity contribution in [1.29, 1.82) is 0 Å². The highest BCUT2D eigenvalue weighted by Gasteiger charge is 2.56. The summed E-state index contributed by atoms with van der Waals surface area (Å²) in [5, 5.41) is 1.19. The molecule has 10 nitrogen and oxygen atoms in total. The summed E-state index contributed by atoms with van der Waals surface area (Å²) in [6, 6.07) is 9.90. The first-order valence-corrected chi connectivity index (χ1v) is 15.2. The smallest absolute Gasteiger partial charge is 0.243 e. The summed E-state index contributed by atoms with van der Waals surface area (Å²) >= 11 is 0. The van der Waals surface area contributed by atoms with Gasteiger partial charge in [0.1, 0.15) is 12.4 Å². The van der Waals surface area contributed by atoms with Gasteiger partial charge in [-0.2, -0.15) is 4.39 Å². The number of halogens is 1. The van der Waals surface area contributed by atoms with Gasteiger partial charge in [-0.3, -0.25) is 25.3 Å². The van der Waals surface area contributed by atoms with Crippen molar-refractivity contribution in [2.75, 3.05) is 44.1 Å². The Labute approximate surface area is 247 Å². The Balaban J connectivity index is 1.27. The standard InChI is InChI=1S/C31H44FN7O3/c1-4-26-33-28(27(32)29(34-26)38-18-25(37(2)3)31(20-38)14-15-31)35-36-30(41)24(16-22-10-8-9-11-22)17-39(21-40)42-19-23-12-6-5-7-13-23/h5-7,12-13,21-22,24-25H,4,8-11,14-20H2,1-3H3,(H,36,41)(H,33,34,35)/t24-,25?/m1/s1. The van der Waals surface area contributed by atoms with Crippen LogP contribution < -0.4 is 15.8 Å². The van der Waals surface area contributed by atoms with Gasteiger partial charge in [-0.25, -0.2) is 15.0 Å². The van der Waals surface area contributed by atoms with Gasteiger partial charge in [0.2, 0.25) is 18.1 Å². The van der Waals surface area contributed by atoms with Crippen LogP contribution in [0.15, 0.2) is 30.3 Å². The number of nitrogens with zero attached hydrogens (tertiary/aromatic N) is 5. The molecule has 228 valence electrons. The molecule has 1 aromatic heterocycles. The number of nitrogens with one attached hydrogen (secondary N) is 2. The zero-order valence-corrected chi connectivity index (χ0v) is 25.0. The molecule has 2 amide bonds. The van der Waals surface area contributed by atoms with Gasteiger partial charge in [-0.1, -0.05) is 62.9 Å². The van der Waals surface area contributed by atoms with Gasteiger partial charge in [0.25, 0.3) is 0 Å². The zero-order chi connectivity index (χ0) is 29.7. The highest BCUT2D eigenvalue weighted by molar-refractivity contribution is 5.80. The third-order valence-corrected chi connectivity index (χ3v) is 9.14. The predicted octanol–water partition coefficient (Wildman–Crippen LogP) is 3.94. The lowest BCUT2D eigenvalue weighted by atomic mass is 9.92. The molecule has 1 unspecified atom stereocenters. The van der Waals surface area contributed by atoms with Crippen LogP contribution >= 0.6 is 0 Å². The van der Waals surface area contributed by atoms with Crippen molar-refractivity contribution < 1.29 is 18.8 Å². The first-order chi connectivity index (χ1) is 20.3. The summed E-state index contributed by atoms with van der Waals surface area (Å²) in [5.74, 6) is -0.312. The molecule has 2 saturated carbocycles. The van der Waals surface area contributed by atoms with Gasteiger partial charge in [0.15, 0.2) is 11.6 Å². The quantitative estimate of drug-likeness (QED) is 0.256. The number of hydrogen-bond acceptors (Lipinski definition) is 8. The number of carbonyl (C=O) groups excluding carboxylic acids is 2. The van der Waals surface area contributed by atoms with Crippen molar-refractivity contribution in [2.24, 2.45) is 17.3 Å². The number of hydrazine groups is 1. The van der Waals surface area contributed by atoms with Gasteiger partial charge in [0.05, 0.1) is 12.5 Å². The Hall–Kier alpha value is -3.31. The molecule has 2 atom stereocenters. The molecule has 2 aromatic rings. The number of aromatic nitrogens is 2. The summed E-state index contributed by atoms with van der Waals surface area (Å²) in [6.07, 6.45) is 8.41. The Bertz CT molecular complexity index is 1220. The summed E-state index contributed by atoms with van der Waals surface area (Å²) < 4.78 is 15.9. The summed E-state index contributed by atoms with van der Waals surface area (Å²) in [5.41, 5.74) is 6.58. The van der Waals surface area contributed by atoms with E-state index in [0.717, 1.165) is 50.6 Å². The molecule has 0 radical (unpaired) electrons. The minimum atomic E-state index is -0.573. The normalized spacial score (nSPS) is 20.2. The van der Waals surface area contributed by atoms with Crippen molar-refractivity contribution in [1.82, 2.24) is 25.4 Å². The molecule has 3 aliphatic rings. The van der Waals surface area contributed by atoms with Crippen LogP contribution in [0.25, 0.3) is 0 Å². The Morgan fingerprint density at radius 3 is 2.57 bits per heavy atom. The van der Waals surface area contributed by atoms with Crippen LogP contribution in [0.4, 0.5) is 16.0 Å². The summed E-state index contributed by atoms with van der Waals surface area (Å²) in [6.45, 7) is 3.70. The summed E-state index contributed by atoms with van der Waals surface area (Å²) in [4.78, 5) is 44.3. The molecule has 5 rings (SSSR count). The first-order valence-electron chi connectivity index (χ1n) is 15.2. The van der Waals surface area contributed by atoms with Gasteiger partial charge in [-0.15, -0.1) is 0 Å². The van der Waals surface area contributed by atoms with Crippen molar-refractivity contribution in [3.63, 3.8) is 0 Å². The molecule has 1 aromatic carbocycles. The maximum atomic E-state index is 15.9. The molecule has 11 heteroatoms. The molecule has 1 saturated heterocycles. The third kappa shape index (κ3) is 7.00. The molecule has 3 fully saturated rings. The van der Waals surface area contributed by atoms with E-state index in [0.29, 0.717) is 43.6 Å². The summed E-state index contributed by atoms with van der Waals surface area (Å²) in [7, 11) is 4.15. The fourth-order valence-corrected chi connectivity index (χ4v) is 6.62. The van der Waals surface area contributed by atoms with Crippen LogP contribution in [0, 0.1) is 23.1 Å². The second kappa shape index (κ2) is 13.3. The SMILES string of the molecule is CCc1nc(NNC(=O)[C@H](CC2CCCC2)CN(C=O)OCc2ccccc2)c(F)c(N2CC(N(C)C)C3(CC3)C2)n1. The number of aryl methyl sites for hydroxylation is 1. The largest absolute Gasteiger partial charge is 0.352 e. The topological polar surface area (TPSA) is 103 Å². The minimum absolute atomic E-state index is 0.0458. The molecular weight excluding hydrogens is 537 g/mol. The maximum absolute atomic E-state index is 15.9. The first kappa shape index (κ1) is 30.2. The zero-order valence-electron chi connectivity index (χ0n) is 25.0. The average molecular weight is 582 g/mol. The van der Waals surface area contributed by atoms with Gasteiger partial charge in [0, 0.05) is 31.0 Å². The molecule has 0 bridgehead atoms. The Morgan fingerprint density at radius 2 is 1.95 bits per heavy atom. The van der Waals surface area contributed by atoms with Crippen molar-refractivity contribution >= 4 is 24.0 Å². The van der Waals surface area contributed by atoms with Crippen LogP contribution in [0.5, 0.6) is 0 Å². The van der Waals surface area contributed by atoms with E-state index in [1.165, 1.54) is 5.06 Å².